The first-order valence-electron chi connectivity index (χ1n) is 7.21. The van der Waals surface area contributed by atoms with E-state index in [2.05, 4.69) is 28.7 Å². The van der Waals surface area contributed by atoms with Gasteiger partial charge in [-0.2, -0.15) is 5.10 Å². The van der Waals surface area contributed by atoms with E-state index in [9.17, 15) is 0 Å². The van der Waals surface area contributed by atoms with Crippen LogP contribution in [0.5, 0.6) is 0 Å². The minimum atomic E-state index is 0.893. The molecule has 0 amide bonds. The molecule has 0 saturated heterocycles. The third-order valence-corrected chi connectivity index (χ3v) is 3.89. The van der Waals surface area contributed by atoms with Gasteiger partial charge in [-0.3, -0.25) is 0 Å². The highest BCUT2D eigenvalue weighted by molar-refractivity contribution is 5.30. The SMILES string of the molecule is c1ccc(-n2cc(CNCC3CCCC3)cn2)cc1. The molecular formula is C16H21N3. The quantitative estimate of drug-likeness (QED) is 0.889. The van der Waals surface area contributed by atoms with Gasteiger partial charge >= 0.3 is 0 Å². The molecular weight excluding hydrogens is 234 g/mol. The summed E-state index contributed by atoms with van der Waals surface area (Å²) in [5, 5.41) is 7.97. The van der Waals surface area contributed by atoms with Gasteiger partial charge in [0.1, 0.15) is 0 Å². The van der Waals surface area contributed by atoms with Crippen molar-refractivity contribution in [3.05, 3.63) is 48.3 Å². The van der Waals surface area contributed by atoms with Crippen LogP contribution in [0.25, 0.3) is 5.69 Å². The van der Waals surface area contributed by atoms with Crippen molar-refractivity contribution < 1.29 is 0 Å². The van der Waals surface area contributed by atoms with Crippen molar-refractivity contribution in [3.63, 3.8) is 0 Å². The largest absolute Gasteiger partial charge is 0.312 e. The molecule has 3 rings (SSSR count). The number of nitrogens with one attached hydrogen (secondary N) is 1. The van der Waals surface area contributed by atoms with Gasteiger partial charge in [0.15, 0.2) is 0 Å². The number of hydrogen-bond acceptors (Lipinski definition) is 2. The summed E-state index contributed by atoms with van der Waals surface area (Å²) in [5.74, 6) is 0.893. The Bertz CT molecular complexity index is 498. The average Bonchev–Trinajstić information content (AvgIpc) is 3.11. The highest BCUT2D eigenvalue weighted by atomic mass is 15.3. The van der Waals surface area contributed by atoms with Crippen LogP contribution in [0.3, 0.4) is 0 Å². The molecule has 1 fully saturated rings. The predicted octanol–water partition coefficient (Wildman–Crippen LogP) is 3.15. The van der Waals surface area contributed by atoms with Crippen LogP contribution in [0.1, 0.15) is 31.2 Å². The van der Waals surface area contributed by atoms with Crippen molar-refractivity contribution in [1.29, 1.82) is 0 Å². The summed E-state index contributed by atoms with van der Waals surface area (Å²) in [5.41, 5.74) is 2.37. The van der Waals surface area contributed by atoms with E-state index in [0.29, 0.717) is 0 Å². The van der Waals surface area contributed by atoms with Crippen LogP contribution in [0.15, 0.2) is 42.7 Å². The third kappa shape index (κ3) is 3.24. The van der Waals surface area contributed by atoms with Crippen molar-refractivity contribution in [2.45, 2.75) is 32.2 Å². The molecule has 0 radical (unpaired) electrons. The maximum Gasteiger partial charge on any atom is 0.0645 e. The molecule has 2 aromatic rings. The van der Waals surface area contributed by atoms with Crippen molar-refractivity contribution in [1.82, 2.24) is 15.1 Å². The first-order chi connectivity index (χ1) is 9.42. The highest BCUT2D eigenvalue weighted by Crippen LogP contribution is 2.23. The average molecular weight is 255 g/mol. The van der Waals surface area contributed by atoms with E-state index in [0.717, 1.165) is 24.7 Å². The molecule has 1 saturated carbocycles. The lowest BCUT2D eigenvalue weighted by Gasteiger charge is -2.09. The van der Waals surface area contributed by atoms with E-state index >= 15 is 0 Å². The van der Waals surface area contributed by atoms with Gasteiger partial charge < -0.3 is 5.32 Å². The molecule has 19 heavy (non-hydrogen) atoms. The van der Waals surface area contributed by atoms with Gasteiger partial charge in [0.2, 0.25) is 0 Å². The van der Waals surface area contributed by atoms with Gasteiger partial charge in [-0.15, -0.1) is 0 Å². The molecule has 0 spiro atoms. The third-order valence-electron chi connectivity index (χ3n) is 3.89. The molecule has 0 aliphatic heterocycles. The molecule has 3 nitrogen and oxygen atoms in total. The van der Waals surface area contributed by atoms with Crippen LogP contribution in [0, 0.1) is 5.92 Å². The Morgan fingerprint density at radius 3 is 2.74 bits per heavy atom. The van der Waals surface area contributed by atoms with Crippen LogP contribution in [-0.2, 0) is 6.54 Å². The molecule has 1 aliphatic rings. The molecule has 1 heterocycles. The van der Waals surface area contributed by atoms with Crippen LogP contribution in [-0.4, -0.2) is 16.3 Å². The zero-order valence-electron chi connectivity index (χ0n) is 11.3. The minimum absolute atomic E-state index is 0.893. The summed E-state index contributed by atoms with van der Waals surface area (Å²) in [6.45, 7) is 2.07. The maximum absolute atomic E-state index is 4.41. The number of nitrogens with zero attached hydrogens (tertiary/aromatic N) is 2. The molecule has 1 N–H and O–H groups in total. The fourth-order valence-corrected chi connectivity index (χ4v) is 2.81. The summed E-state index contributed by atoms with van der Waals surface area (Å²) >= 11 is 0. The molecule has 1 aromatic carbocycles. The van der Waals surface area contributed by atoms with E-state index < -0.39 is 0 Å². The smallest absolute Gasteiger partial charge is 0.0645 e. The lowest BCUT2D eigenvalue weighted by molar-refractivity contribution is 0.489. The first-order valence-corrected chi connectivity index (χ1v) is 7.21. The van der Waals surface area contributed by atoms with E-state index in [4.69, 9.17) is 0 Å². The molecule has 1 aromatic heterocycles. The minimum Gasteiger partial charge on any atom is -0.312 e. The standard InChI is InChI=1S/C16H21N3/c1-2-8-16(9-3-1)19-13-15(12-18-19)11-17-10-14-6-4-5-7-14/h1-3,8-9,12-14,17H,4-7,10-11H2. The molecule has 100 valence electrons. The van der Waals surface area contributed by atoms with Gasteiger partial charge in [0.25, 0.3) is 0 Å². The Kier molecular flexibility index (Phi) is 3.94. The van der Waals surface area contributed by atoms with Crippen molar-refractivity contribution in [3.8, 4) is 5.69 Å². The second-order valence-electron chi connectivity index (χ2n) is 5.41. The molecule has 0 bridgehead atoms. The summed E-state index contributed by atoms with van der Waals surface area (Å²) in [6.07, 6.45) is 9.69. The Morgan fingerprint density at radius 2 is 1.95 bits per heavy atom. The van der Waals surface area contributed by atoms with E-state index in [1.807, 2.05) is 29.1 Å². The number of benzene rings is 1. The van der Waals surface area contributed by atoms with Crippen LogP contribution >= 0.6 is 0 Å². The van der Waals surface area contributed by atoms with Crippen molar-refractivity contribution >= 4 is 0 Å². The van der Waals surface area contributed by atoms with E-state index in [1.165, 1.54) is 31.2 Å². The van der Waals surface area contributed by atoms with Crippen LogP contribution < -0.4 is 5.32 Å². The number of rotatable bonds is 5. The first kappa shape index (κ1) is 12.4. The summed E-state index contributed by atoms with van der Waals surface area (Å²) < 4.78 is 1.94. The topological polar surface area (TPSA) is 29.9 Å². The number of para-hydroxylation sites is 1. The molecule has 0 atom stereocenters. The Morgan fingerprint density at radius 1 is 1.16 bits per heavy atom. The summed E-state index contributed by atoms with van der Waals surface area (Å²) in [4.78, 5) is 0. The van der Waals surface area contributed by atoms with Gasteiger partial charge in [-0.25, -0.2) is 4.68 Å². The monoisotopic (exact) mass is 255 g/mol. The molecule has 0 unspecified atom stereocenters. The second kappa shape index (κ2) is 6.02. The van der Waals surface area contributed by atoms with E-state index in [1.54, 1.807) is 0 Å². The van der Waals surface area contributed by atoms with E-state index in [-0.39, 0.29) is 0 Å². The second-order valence-corrected chi connectivity index (χ2v) is 5.41. The van der Waals surface area contributed by atoms with Crippen LogP contribution in [0.2, 0.25) is 0 Å². The highest BCUT2D eigenvalue weighted by Gasteiger charge is 2.14. The van der Waals surface area contributed by atoms with Crippen LogP contribution in [0.4, 0.5) is 0 Å². The van der Waals surface area contributed by atoms with Crippen molar-refractivity contribution in [2.75, 3.05) is 6.54 Å². The lowest BCUT2D eigenvalue weighted by atomic mass is 10.1. The fourth-order valence-electron chi connectivity index (χ4n) is 2.81. The van der Waals surface area contributed by atoms with Gasteiger partial charge in [0.05, 0.1) is 11.9 Å². The normalized spacial score (nSPS) is 16.0. The number of aromatic nitrogens is 2. The molecule has 1 aliphatic carbocycles. The summed E-state index contributed by atoms with van der Waals surface area (Å²) in [7, 11) is 0. The van der Waals surface area contributed by atoms with Gasteiger partial charge in [-0.05, 0) is 37.4 Å². The zero-order chi connectivity index (χ0) is 12.9. The predicted molar refractivity (Wildman–Crippen MR) is 77.2 cm³/mol. The zero-order valence-corrected chi connectivity index (χ0v) is 11.3. The van der Waals surface area contributed by atoms with Gasteiger partial charge in [-0.1, -0.05) is 31.0 Å². The lowest BCUT2D eigenvalue weighted by Crippen LogP contribution is -2.20. The Balaban J connectivity index is 1.53. The molecule has 3 heteroatoms. The van der Waals surface area contributed by atoms with Gasteiger partial charge in [0, 0.05) is 18.3 Å². The maximum atomic E-state index is 4.41. The fraction of sp³-hybridized carbons (Fsp3) is 0.438. The Hall–Kier alpha value is -1.61. The Labute approximate surface area is 114 Å². The van der Waals surface area contributed by atoms with Crippen molar-refractivity contribution in [2.24, 2.45) is 5.92 Å². The summed E-state index contributed by atoms with van der Waals surface area (Å²) in [6, 6.07) is 10.2. The number of hydrogen-bond donors (Lipinski definition) is 1.